The predicted octanol–water partition coefficient (Wildman–Crippen LogP) is 3.14. The molecule has 2 aromatic rings. The predicted molar refractivity (Wildman–Crippen MR) is 81.4 cm³/mol. The normalized spacial score (nSPS) is 10.1. The quantitative estimate of drug-likeness (QED) is 0.516. The first-order valence-electron chi connectivity index (χ1n) is 6.72. The molecule has 0 radical (unpaired) electrons. The van der Waals surface area contributed by atoms with E-state index >= 15 is 0 Å². The topological polar surface area (TPSA) is 107 Å². The van der Waals surface area contributed by atoms with Crippen molar-refractivity contribution in [1.29, 1.82) is 0 Å². The lowest BCUT2D eigenvalue weighted by Gasteiger charge is -2.08. The van der Waals surface area contributed by atoms with Crippen LogP contribution in [0.4, 0.5) is 5.69 Å². The minimum absolute atomic E-state index is 0.0771. The van der Waals surface area contributed by atoms with Gasteiger partial charge in [0, 0.05) is 12.1 Å². The van der Waals surface area contributed by atoms with Crippen LogP contribution in [0.15, 0.2) is 42.5 Å². The molecule has 2 aromatic carbocycles. The van der Waals surface area contributed by atoms with Gasteiger partial charge >= 0.3 is 11.9 Å². The number of nitro benzene ring substituents is 1. The third kappa shape index (κ3) is 3.70. The van der Waals surface area contributed by atoms with Crippen molar-refractivity contribution in [1.82, 2.24) is 0 Å². The summed E-state index contributed by atoms with van der Waals surface area (Å²) < 4.78 is 4.88. The molecule has 0 fully saturated rings. The van der Waals surface area contributed by atoms with Gasteiger partial charge < -0.3 is 9.84 Å². The second-order valence-electron chi connectivity index (χ2n) is 4.63. The Kier molecular flexibility index (Phi) is 4.70. The van der Waals surface area contributed by atoms with Gasteiger partial charge in [-0.15, -0.1) is 0 Å². The standard InChI is InChI=1S/C16H13NO6/c1-2-23-16(20)13-7-11(6-12(8-13)15(18)19)10-4-3-5-14(9-10)17(21)22/h3-9H,2H2,1H3,(H,18,19). The number of ether oxygens (including phenoxy) is 1. The Morgan fingerprint density at radius 2 is 1.83 bits per heavy atom. The average Bonchev–Trinajstić information content (AvgIpc) is 2.54. The first-order chi connectivity index (χ1) is 10.9. The molecule has 0 aliphatic heterocycles. The van der Waals surface area contributed by atoms with Gasteiger partial charge in [0.05, 0.1) is 22.7 Å². The number of carboxylic acids is 1. The number of carbonyl (C=O) groups excluding carboxylic acids is 1. The SMILES string of the molecule is CCOC(=O)c1cc(C(=O)O)cc(-c2cccc([N+](=O)[O-])c2)c1. The summed E-state index contributed by atoms with van der Waals surface area (Å²) in [6, 6.07) is 9.75. The van der Waals surface area contributed by atoms with E-state index in [0.717, 1.165) is 0 Å². The highest BCUT2D eigenvalue weighted by atomic mass is 16.6. The van der Waals surface area contributed by atoms with Crippen molar-refractivity contribution in [2.45, 2.75) is 6.92 Å². The van der Waals surface area contributed by atoms with E-state index in [4.69, 9.17) is 4.74 Å². The molecule has 0 aliphatic carbocycles. The third-order valence-corrected chi connectivity index (χ3v) is 3.08. The molecule has 0 unspecified atom stereocenters. The molecule has 0 atom stereocenters. The molecule has 118 valence electrons. The second-order valence-corrected chi connectivity index (χ2v) is 4.63. The van der Waals surface area contributed by atoms with Gasteiger partial charge in [0.1, 0.15) is 0 Å². The zero-order valence-electron chi connectivity index (χ0n) is 12.2. The number of hydrogen-bond acceptors (Lipinski definition) is 5. The molecule has 0 saturated carbocycles. The van der Waals surface area contributed by atoms with Gasteiger partial charge in [0.25, 0.3) is 5.69 Å². The van der Waals surface area contributed by atoms with Crippen LogP contribution in [-0.4, -0.2) is 28.6 Å². The Morgan fingerprint density at radius 1 is 1.13 bits per heavy atom. The van der Waals surface area contributed by atoms with E-state index in [-0.39, 0.29) is 23.4 Å². The molecule has 0 spiro atoms. The molecule has 0 aliphatic rings. The van der Waals surface area contributed by atoms with E-state index in [1.807, 2.05) is 0 Å². The number of non-ortho nitro benzene ring substituents is 1. The van der Waals surface area contributed by atoms with Gasteiger partial charge in [-0.05, 0) is 36.2 Å². The molecule has 2 rings (SSSR count). The summed E-state index contributed by atoms with van der Waals surface area (Å²) in [5.41, 5.74) is 0.677. The highest BCUT2D eigenvalue weighted by Crippen LogP contribution is 2.26. The summed E-state index contributed by atoms with van der Waals surface area (Å²) in [4.78, 5) is 33.4. The van der Waals surface area contributed by atoms with Gasteiger partial charge in [-0.3, -0.25) is 10.1 Å². The van der Waals surface area contributed by atoms with Crippen LogP contribution in [0.2, 0.25) is 0 Å². The molecule has 23 heavy (non-hydrogen) atoms. The molecular weight excluding hydrogens is 302 g/mol. The fourth-order valence-electron chi connectivity index (χ4n) is 2.05. The zero-order chi connectivity index (χ0) is 17.0. The van der Waals surface area contributed by atoms with Crippen LogP contribution in [0.1, 0.15) is 27.6 Å². The van der Waals surface area contributed by atoms with Crippen molar-refractivity contribution in [3.63, 3.8) is 0 Å². The summed E-state index contributed by atoms with van der Waals surface area (Å²) in [6.45, 7) is 1.79. The first kappa shape index (κ1) is 16.2. The largest absolute Gasteiger partial charge is 0.478 e. The third-order valence-electron chi connectivity index (χ3n) is 3.08. The zero-order valence-corrected chi connectivity index (χ0v) is 12.2. The Morgan fingerprint density at radius 3 is 2.43 bits per heavy atom. The lowest BCUT2D eigenvalue weighted by Crippen LogP contribution is -2.07. The van der Waals surface area contributed by atoms with E-state index in [2.05, 4.69) is 0 Å². The maximum atomic E-state index is 11.9. The van der Waals surface area contributed by atoms with Crippen LogP contribution in [0.25, 0.3) is 11.1 Å². The van der Waals surface area contributed by atoms with Crippen molar-refractivity contribution in [3.05, 3.63) is 63.7 Å². The molecule has 0 aromatic heterocycles. The number of esters is 1. The molecule has 0 bridgehead atoms. The van der Waals surface area contributed by atoms with E-state index in [1.54, 1.807) is 13.0 Å². The maximum absolute atomic E-state index is 11.9. The van der Waals surface area contributed by atoms with E-state index in [1.165, 1.54) is 36.4 Å². The van der Waals surface area contributed by atoms with Crippen molar-refractivity contribution in [2.24, 2.45) is 0 Å². The fraction of sp³-hybridized carbons (Fsp3) is 0.125. The van der Waals surface area contributed by atoms with Crippen LogP contribution in [0.5, 0.6) is 0 Å². The molecule has 1 N–H and O–H groups in total. The number of carboxylic acid groups (broad SMARTS) is 1. The van der Waals surface area contributed by atoms with Gasteiger partial charge in [0.15, 0.2) is 0 Å². The number of nitrogens with zero attached hydrogens (tertiary/aromatic N) is 1. The van der Waals surface area contributed by atoms with Crippen LogP contribution in [0, 0.1) is 10.1 Å². The molecular formula is C16H13NO6. The molecule has 0 amide bonds. The first-order valence-corrected chi connectivity index (χ1v) is 6.72. The average molecular weight is 315 g/mol. The minimum Gasteiger partial charge on any atom is -0.478 e. The van der Waals surface area contributed by atoms with Crippen molar-refractivity contribution >= 4 is 17.6 Å². The van der Waals surface area contributed by atoms with Crippen LogP contribution >= 0.6 is 0 Å². The fourth-order valence-corrected chi connectivity index (χ4v) is 2.05. The smallest absolute Gasteiger partial charge is 0.338 e. The number of carbonyl (C=O) groups is 2. The van der Waals surface area contributed by atoms with Crippen molar-refractivity contribution in [2.75, 3.05) is 6.61 Å². The van der Waals surface area contributed by atoms with E-state index in [9.17, 15) is 24.8 Å². The van der Waals surface area contributed by atoms with E-state index < -0.39 is 16.9 Å². The van der Waals surface area contributed by atoms with E-state index in [0.29, 0.717) is 11.1 Å². The van der Waals surface area contributed by atoms with Gasteiger partial charge in [-0.25, -0.2) is 9.59 Å². The second kappa shape index (κ2) is 6.69. The Labute approximate surface area is 131 Å². The highest BCUT2D eigenvalue weighted by molar-refractivity contribution is 5.97. The lowest BCUT2D eigenvalue weighted by atomic mass is 9.99. The summed E-state index contributed by atoms with van der Waals surface area (Å²) >= 11 is 0. The van der Waals surface area contributed by atoms with Crippen molar-refractivity contribution < 1.29 is 24.4 Å². The number of aromatic carboxylic acids is 1. The summed E-state index contributed by atoms with van der Waals surface area (Å²) in [6.07, 6.45) is 0. The van der Waals surface area contributed by atoms with Crippen molar-refractivity contribution in [3.8, 4) is 11.1 Å². The number of benzene rings is 2. The van der Waals surface area contributed by atoms with Gasteiger partial charge in [-0.2, -0.15) is 0 Å². The van der Waals surface area contributed by atoms with Gasteiger partial charge in [0.2, 0.25) is 0 Å². The lowest BCUT2D eigenvalue weighted by molar-refractivity contribution is -0.384. The molecule has 7 nitrogen and oxygen atoms in total. The summed E-state index contributed by atoms with van der Waals surface area (Å²) in [5, 5.41) is 20.0. The minimum atomic E-state index is -1.21. The Balaban J connectivity index is 2.57. The highest BCUT2D eigenvalue weighted by Gasteiger charge is 2.15. The molecule has 7 heteroatoms. The van der Waals surface area contributed by atoms with Crippen LogP contribution < -0.4 is 0 Å². The molecule has 0 heterocycles. The number of rotatable bonds is 5. The number of hydrogen-bond donors (Lipinski definition) is 1. The van der Waals surface area contributed by atoms with Crippen LogP contribution in [0.3, 0.4) is 0 Å². The molecule has 0 saturated heterocycles. The maximum Gasteiger partial charge on any atom is 0.338 e. The number of nitro groups is 1. The van der Waals surface area contributed by atoms with Gasteiger partial charge in [-0.1, -0.05) is 12.1 Å². The Hall–Kier alpha value is -3.22. The monoisotopic (exact) mass is 315 g/mol. The van der Waals surface area contributed by atoms with Crippen LogP contribution in [-0.2, 0) is 4.74 Å². The summed E-state index contributed by atoms with van der Waals surface area (Å²) in [5.74, 6) is -1.86. The Bertz CT molecular complexity index is 784. The summed E-state index contributed by atoms with van der Waals surface area (Å²) in [7, 11) is 0.